The van der Waals surface area contributed by atoms with E-state index in [0.717, 1.165) is 12.8 Å². The molecule has 0 unspecified atom stereocenters. The van der Waals surface area contributed by atoms with Gasteiger partial charge in [0.25, 0.3) is 5.92 Å². The van der Waals surface area contributed by atoms with Crippen molar-refractivity contribution in [1.82, 2.24) is 0 Å². The number of halogens is 4. The van der Waals surface area contributed by atoms with E-state index in [4.69, 9.17) is 28.9 Å². The van der Waals surface area contributed by atoms with Crippen molar-refractivity contribution in [2.45, 2.75) is 31.6 Å². The van der Waals surface area contributed by atoms with E-state index in [2.05, 4.69) is 5.32 Å². The molecule has 0 spiro atoms. The molecule has 1 saturated carbocycles. The van der Waals surface area contributed by atoms with Crippen molar-refractivity contribution in [3.05, 3.63) is 16.1 Å². The van der Waals surface area contributed by atoms with E-state index >= 15 is 0 Å². The highest BCUT2D eigenvalue weighted by molar-refractivity contribution is 7.91. The van der Waals surface area contributed by atoms with Crippen LogP contribution in [0.15, 0.2) is 6.07 Å². The number of anilines is 3. The predicted octanol–water partition coefficient (Wildman–Crippen LogP) is 4.01. The van der Waals surface area contributed by atoms with Crippen LogP contribution in [0.2, 0.25) is 10.0 Å². The summed E-state index contributed by atoms with van der Waals surface area (Å²) in [5.74, 6) is -2.53. The van der Waals surface area contributed by atoms with Crippen LogP contribution in [-0.4, -0.2) is 39.1 Å². The predicted molar refractivity (Wildman–Crippen MR) is 102 cm³/mol. The van der Waals surface area contributed by atoms with Gasteiger partial charge >= 0.3 is 0 Å². The zero-order valence-electron chi connectivity index (χ0n) is 14.1. The van der Waals surface area contributed by atoms with Crippen molar-refractivity contribution in [2.75, 3.05) is 40.7 Å². The summed E-state index contributed by atoms with van der Waals surface area (Å²) in [7, 11) is -3.25. The summed E-state index contributed by atoms with van der Waals surface area (Å²) in [6, 6.07) is 1.50. The molecule has 5 nitrogen and oxygen atoms in total. The molecule has 1 aliphatic heterocycles. The Morgan fingerprint density at radius 2 is 1.88 bits per heavy atom. The van der Waals surface area contributed by atoms with Crippen LogP contribution in [-0.2, 0) is 9.84 Å². The molecule has 1 aromatic rings. The molecule has 3 N–H and O–H groups in total. The standard InChI is InChI=1S/C16H21Cl2F2N3O2S/c17-11-7-12(22-9-26(24,25)8-10-1-2-10)14(21)13(18)15(11)23-5-3-16(19,20)4-6-23/h7,10,22H,1-6,8-9,21H2. The van der Waals surface area contributed by atoms with Crippen LogP contribution in [0.25, 0.3) is 0 Å². The van der Waals surface area contributed by atoms with Gasteiger partial charge in [0.2, 0.25) is 0 Å². The summed E-state index contributed by atoms with van der Waals surface area (Å²) >= 11 is 12.6. The van der Waals surface area contributed by atoms with Gasteiger partial charge in [-0.1, -0.05) is 23.2 Å². The third kappa shape index (κ3) is 4.64. The van der Waals surface area contributed by atoms with Crippen LogP contribution in [0.3, 0.4) is 0 Å². The molecule has 0 bridgehead atoms. The summed E-state index contributed by atoms with van der Waals surface area (Å²) in [4.78, 5) is 1.69. The highest BCUT2D eigenvalue weighted by Gasteiger charge is 2.35. The lowest BCUT2D eigenvalue weighted by atomic mass is 10.1. The van der Waals surface area contributed by atoms with E-state index in [1.54, 1.807) is 4.90 Å². The van der Waals surface area contributed by atoms with Gasteiger partial charge in [0.05, 0.1) is 32.9 Å². The third-order valence-corrected chi connectivity index (χ3v) is 6.95. The molecule has 0 aromatic heterocycles. The number of sulfone groups is 1. The molecule has 2 fully saturated rings. The lowest BCUT2D eigenvalue weighted by molar-refractivity contribution is -0.0220. The third-order valence-electron chi connectivity index (χ3n) is 4.71. The van der Waals surface area contributed by atoms with Gasteiger partial charge in [0, 0.05) is 25.9 Å². The number of rotatable bonds is 6. The molecule has 10 heteroatoms. The summed E-state index contributed by atoms with van der Waals surface area (Å²) in [5.41, 5.74) is 6.92. The highest BCUT2D eigenvalue weighted by atomic mass is 35.5. The molecule has 0 amide bonds. The van der Waals surface area contributed by atoms with Gasteiger partial charge in [-0.05, 0) is 24.8 Å². The lowest BCUT2D eigenvalue weighted by Crippen LogP contribution is -2.39. The van der Waals surface area contributed by atoms with Gasteiger partial charge in [-0.2, -0.15) is 0 Å². The number of hydrogen-bond acceptors (Lipinski definition) is 5. The van der Waals surface area contributed by atoms with Gasteiger partial charge < -0.3 is 16.0 Å². The number of nitrogens with two attached hydrogens (primary N) is 1. The summed E-state index contributed by atoms with van der Waals surface area (Å²) < 4.78 is 50.8. The fraction of sp³-hybridized carbons (Fsp3) is 0.625. The number of nitrogens with one attached hydrogen (secondary N) is 1. The fourth-order valence-electron chi connectivity index (χ4n) is 3.01. The van der Waals surface area contributed by atoms with E-state index in [-0.39, 0.29) is 59.2 Å². The van der Waals surface area contributed by atoms with Crippen molar-refractivity contribution >= 4 is 50.1 Å². The second-order valence-corrected chi connectivity index (χ2v) is 9.89. The van der Waals surface area contributed by atoms with Gasteiger partial charge in [-0.3, -0.25) is 0 Å². The Bertz CT molecular complexity index is 791. The number of nitrogen functional groups attached to an aromatic ring is 1. The smallest absolute Gasteiger partial charge is 0.251 e. The van der Waals surface area contributed by atoms with E-state index < -0.39 is 15.8 Å². The van der Waals surface area contributed by atoms with E-state index in [0.29, 0.717) is 11.4 Å². The fourth-order valence-corrected chi connectivity index (χ4v) is 5.25. The molecule has 0 radical (unpaired) electrons. The van der Waals surface area contributed by atoms with Crippen LogP contribution >= 0.6 is 23.2 Å². The van der Waals surface area contributed by atoms with Crippen LogP contribution in [0.1, 0.15) is 25.7 Å². The molecule has 3 rings (SSSR count). The Balaban J connectivity index is 1.75. The Hall–Kier alpha value is -0.990. The zero-order valence-corrected chi connectivity index (χ0v) is 16.4. The molecule has 2 aliphatic rings. The topological polar surface area (TPSA) is 75.4 Å². The van der Waals surface area contributed by atoms with Crippen molar-refractivity contribution in [2.24, 2.45) is 5.92 Å². The van der Waals surface area contributed by atoms with E-state index in [1.807, 2.05) is 0 Å². The second-order valence-electron chi connectivity index (χ2n) is 7.00. The van der Waals surface area contributed by atoms with Gasteiger partial charge in [0.15, 0.2) is 9.84 Å². The zero-order chi connectivity index (χ0) is 19.1. The normalized spacial score (nSPS) is 20.2. The number of hydrogen-bond donors (Lipinski definition) is 2. The average molecular weight is 428 g/mol. The molecular formula is C16H21Cl2F2N3O2S. The molecule has 0 atom stereocenters. The number of benzene rings is 1. The molecule has 146 valence electrons. The SMILES string of the molecule is Nc1c(NCS(=O)(=O)CC2CC2)cc(Cl)c(N2CCC(F)(F)CC2)c1Cl. The van der Waals surface area contributed by atoms with Crippen molar-refractivity contribution in [1.29, 1.82) is 0 Å². The Morgan fingerprint density at radius 1 is 1.27 bits per heavy atom. The second kappa shape index (κ2) is 7.20. The molecule has 1 aliphatic carbocycles. The molecule has 1 aromatic carbocycles. The number of nitrogens with zero attached hydrogens (tertiary/aromatic N) is 1. The largest absolute Gasteiger partial charge is 0.396 e. The van der Waals surface area contributed by atoms with Crippen molar-refractivity contribution < 1.29 is 17.2 Å². The van der Waals surface area contributed by atoms with Gasteiger partial charge in [-0.15, -0.1) is 0 Å². The van der Waals surface area contributed by atoms with Crippen molar-refractivity contribution in [3.63, 3.8) is 0 Å². The van der Waals surface area contributed by atoms with E-state index in [1.165, 1.54) is 6.07 Å². The maximum atomic E-state index is 13.4. The number of alkyl halides is 2. The first-order valence-electron chi connectivity index (χ1n) is 8.42. The minimum absolute atomic E-state index is 0.119. The maximum absolute atomic E-state index is 13.4. The molecule has 1 heterocycles. The summed E-state index contributed by atoms with van der Waals surface area (Å²) in [5, 5.41) is 3.18. The Kier molecular flexibility index (Phi) is 5.48. The van der Waals surface area contributed by atoms with Gasteiger partial charge in [0.1, 0.15) is 5.88 Å². The van der Waals surface area contributed by atoms with Crippen molar-refractivity contribution in [3.8, 4) is 0 Å². The maximum Gasteiger partial charge on any atom is 0.251 e. The molecule has 1 saturated heterocycles. The first-order valence-corrected chi connectivity index (χ1v) is 11.0. The van der Waals surface area contributed by atoms with Crippen LogP contribution < -0.4 is 16.0 Å². The average Bonchev–Trinajstić information content (AvgIpc) is 3.34. The minimum Gasteiger partial charge on any atom is -0.396 e. The van der Waals surface area contributed by atoms with E-state index in [9.17, 15) is 17.2 Å². The summed E-state index contributed by atoms with van der Waals surface area (Å²) in [6.07, 6.45) is 1.34. The molecular weight excluding hydrogens is 407 g/mol. The first-order chi connectivity index (χ1) is 12.1. The molecule has 26 heavy (non-hydrogen) atoms. The first kappa shape index (κ1) is 19.8. The highest BCUT2D eigenvalue weighted by Crippen LogP contribution is 2.44. The minimum atomic E-state index is -3.25. The Morgan fingerprint density at radius 3 is 2.46 bits per heavy atom. The van der Waals surface area contributed by atoms with Crippen LogP contribution in [0.5, 0.6) is 0 Å². The number of piperidine rings is 1. The monoisotopic (exact) mass is 427 g/mol. The van der Waals surface area contributed by atoms with Crippen LogP contribution in [0.4, 0.5) is 25.8 Å². The van der Waals surface area contributed by atoms with Gasteiger partial charge in [-0.25, -0.2) is 17.2 Å². The quantitative estimate of drug-likeness (QED) is 0.670. The van der Waals surface area contributed by atoms with Crippen LogP contribution in [0, 0.1) is 5.92 Å². The lowest BCUT2D eigenvalue weighted by Gasteiger charge is -2.34. The summed E-state index contributed by atoms with van der Waals surface area (Å²) in [6.45, 7) is 0.239. The Labute approximate surface area is 161 Å².